The van der Waals surface area contributed by atoms with Gasteiger partial charge < -0.3 is 14.4 Å². The van der Waals surface area contributed by atoms with Crippen molar-refractivity contribution in [3.05, 3.63) is 69.7 Å². The molecule has 1 saturated heterocycles. The van der Waals surface area contributed by atoms with Crippen LogP contribution in [0.3, 0.4) is 0 Å². The molecule has 0 aromatic heterocycles. The predicted octanol–water partition coefficient (Wildman–Crippen LogP) is 5.56. The second-order valence-corrected chi connectivity index (χ2v) is 13.7. The Morgan fingerprint density at radius 1 is 1.08 bits per heavy atom. The molecule has 4 atom stereocenters. The van der Waals surface area contributed by atoms with Crippen LogP contribution in [-0.2, 0) is 28.9 Å². The van der Waals surface area contributed by atoms with Crippen LogP contribution in [0.1, 0.15) is 63.8 Å². The summed E-state index contributed by atoms with van der Waals surface area (Å²) >= 11 is 12.5. The minimum Gasteiger partial charge on any atom is -0.469 e. The summed E-state index contributed by atoms with van der Waals surface area (Å²) in [4.78, 5) is 27.7. The van der Waals surface area contributed by atoms with E-state index in [0.29, 0.717) is 27.6 Å². The molecule has 0 bridgehead atoms. The number of sulfone groups is 1. The number of morpholine rings is 1. The maximum absolute atomic E-state index is 14.0. The Balaban J connectivity index is 2.21. The van der Waals surface area contributed by atoms with E-state index in [9.17, 15) is 18.0 Å². The largest absolute Gasteiger partial charge is 0.469 e. The third-order valence-corrected chi connectivity index (χ3v) is 9.78. The fourth-order valence-corrected chi connectivity index (χ4v) is 6.10. The van der Waals surface area contributed by atoms with Gasteiger partial charge in [0.15, 0.2) is 9.84 Å². The van der Waals surface area contributed by atoms with Crippen molar-refractivity contribution in [2.45, 2.75) is 69.6 Å². The van der Waals surface area contributed by atoms with Crippen molar-refractivity contribution < 1.29 is 27.5 Å². The first-order chi connectivity index (χ1) is 17.3. The van der Waals surface area contributed by atoms with Crippen LogP contribution in [0.5, 0.6) is 0 Å². The van der Waals surface area contributed by atoms with E-state index in [2.05, 4.69) is 0 Å². The maximum atomic E-state index is 14.0. The number of amides is 1. The van der Waals surface area contributed by atoms with Crippen molar-refractivity contribution in [1.29, 1.82) is 0 Å². The van der Waals surface area contributed by atoms with Crippen LogP contribution < -0.4 is 0 Å². The van der Waals surface area contributed by atoms with Gasteiger partial charge in [0, 0.05) is 16.1 Å². The Kier molecular flexibility index (Phi) is 9.32. The fraction of sp³-hybridized carbons (Fsp3) is 0.481. The number of hydrogen-bond acceptors (Lipinski definition) is 6. The number of ether oxygens (including phenoxy) is 2. The van der Waals surface area contributed by atoms with E-state index in [1.54, 1.807) is 68.1 Å². The van der Waals surface area contributed by atoms with E-state index < -0.39 is 50.8 Å². The minimum absolute atomic E-state index is 0.240. The number of rotatable bonds is 8. The molecule has 10 heteroatoms. The topological polar surface area (TPSA) is 90.0 Å². The zero-order valence-electron chi connectivity index (χ0n) is 21.6. The molecular weight excluding hydrogens is 537 g/mol. The molecule has 1 unspecified atom stereocenters. The summed E-state index contributed by atoms with van der Waals surface area (Å²) in [5.74, 6) is -1.32. The molecule has 1 fully saturated rings. The second-order valence-electron chi connectivity index (χ2n) is 10.1. The highest BCUT2D eigenvalue weighted by molar-refractivity contribution is 7.92. The summed E-state index contributed by atoms with van der Waals surface area (Å²) in [5, 5.41) is 0.995. The Morgan fingerprint density at radius 2 is 1.73 bits per heavy atom. The van der Waals surface area contributed by atoms with Crippen LogP contribution in [0.4, 0.5) is 0 Å². The van der Waals surface area contributed by atoms with Gasteiger partial charge in [0.2, 0.25) is 0 Å². The summed E-state index contributed by atoms with van der Waals surface area (Å²) in [7, 11) is -2.36. The van der Waals surface area contributed by atoms with Crippen LogP contribution >= 0.6 is 23.2 Å². The molecule has 1 aliphatic heterocycles. The van der Waals surface area contributed by atoms with Gasteiger partial charge in [-0.2, -0.15) is 0 Å². The lowest BCUT2D eigenvalue weighted by atomic mass is 9.89. The average Bonchev–Trinajstić information content (AvgIpc) is 2.83. The van der Waals surface area contributed by atoms with Gasteiger partial charge in [-0.05, 0) is 62.6 Å². The lowest BCUT2D eigenvalue weighted by molar-refractivity contribution is -0.183. The van der Waals surface area contributed by atoms with Crippen molar-refractivity contribution in [3.8, 4) is 0 Å². The Bertz CT molecular complexity index is 1230. The Morgan fingerprint density at radius 3 is 2.27 bits per heavy atom. The molecule has 0 radical (unpaired) electrons. The highest BCUT2D eigenvalue weighted by atomic mass is 35.5. The lowest BCUT2D eigenvalue weighted by Gasteiger charge is -2.48. The first-order valence-electron chi connectivity index (χ1n) is 12.1. The number of benzene rings is 2. The number of halogens is 2. The summed E-state index contributed by atoms with van der Waals surface area (Å²) in [5.41, 5.74) is 1.40. The van der Waals surface area contributed by atoms with Crippen LogP contribution in [0, 0.1) is 0 Å². The number of esters is 1. The van der Waals surface area contributed by atoms with Gasteiger partial charge in [-0.25, -0.2) is 8.42 Å². The molecule has 7 nitrogen and oxygen atoms in total. The van der Waals surface area contributed by atoms with Crippen molar-refractivity contribution in [2.75, 3.05) is 12.9 Å². The summed E-state index contributed by atoms with van der Waals surface area (Å²) in [6.07, 6.45) is -1.83. The molecule has 1 amide bonds. The second kappa shape index (κ2) is 11.7. The molecule has 0 N–H and O–H groups in total. The summed E-state index contributed by atoms with van der Waals surface area (Å²) < 4.78 is 36.7. The maximum Gasteiger partial charge on any atom is 0.308 e. The van der Waals surface area contributed by atoms with Crippen molar-refractivity contribution >= 4 is 44.9 Å². The molecule has 0 aliphatic carbocycles. The van der Waals surface area contributed by atoms with Crippen LogP contribution in [0.15, 0.2) is 48.5 Å². The molecule has 2 aromatic carbocycles. The highest BCUT2D eigenvalue weighted by Gasteiger charge is 2.48. The van der Waals surface area contributed by atoms with E-state index in [4.69, 9.17) is 32.7 Å². The minimum atomic E-state index is -3.60. The van der Waals surface area contributed by atoms with Crippen molar-refractivity contribution in [3.63, 3.8) is 0 Å². The standard InChI is InChI=1S/C27H33Cl2NO6S/c1-6-21(16-37(33,34)27(2,3)4)30-24(17-10-12-19(28)13-11-17)25(18-8-7-9-20(29)14-18)36-22(26(30)32)15-23(31)35-5/h7-14,21-22,24-25H,6,15-16H2,1-5H3/t21-,22-,24+,25?/m0/s1. The summed E-state index contributed by atoms with van der Waals surface area (Å²) in [6.45, 7) is 6.76. The van der Waals surface area contributed by atoms with E-state index >= 15 is 0 Å². The van der Waals surface area contributed by atoms with Gasteiger partial charge in [0.25, 0.3) is 5.91 Å². The molecule has 202 valence electrons. The van der Waals surface area contributed by atoms with E-state index in [0.717, 1.165) is 0 Å². The van der Waals surface area contributed by atoms with Gasteiger partial charge in [0.05, 0.1) is 30.1 Å². The van der Waals surface area contributed by atoms with E-state index in [1.807, 2.05) is 13.0 Å². The zero-order valence-corrected chi connectivity index (χ0v) is 23.9. The smallest absolute Gasteiger partial charge is 0.308 e. The first-order valence-corrected chi connectivity index (χ1v) is 14.5. The van der Waals surface area contributed by atoms with Crippen LogP contribution in [0.2, 0.25) is 10.0 Å². The van der Waals surface area contributed by atoms with Gasteiger partial charge >= 0.3 is 5.97 Å². The van der Waals surface area contributed by atoms with Crippen LogP contribution in [0.25, 0.3) is 0 Å². The SMILES string of the molecule is CC[C@@H](CS(=O)(=O)C(C)(C)C)N1C(=O)[C@H](CC(=O)OC)OC(c2cccc(Cl)c2)[C@H]1c1ccc(Cl)cc1. The molecule has 37 heavy (non-hydrogen) atoms. The predicted molar refractivity (Wildman–Crippen MR) is 144 cm³/mol. The molecule has 1 heterocycles. The molecular formula is C27H33Cl2NO6S. The molecule has 1 aliphatic rings. The summed E-state index contributed by atoms with van der Waals surface area (Å²) in [6, 6.07) is 12.7. The lowest BCUT2D eigenvalue weighted by Crippen LogP contribution is -2.57. The average molecular weight is 571 g/mol. The fourth-order valence-electron chi connectivity index (χ4n) is 4.37. The molecule has 0 spiro atoms. The number of carbonyl (C=O) groups is 2. The number of methoxy groups -OCH3 is 1. The Hall–Kier alpha value is -2.13. The third-order valence-electron chi connectivity index (χ3n) is 6.61. The Labute approximate surface area is 228 Å². The first kappa shape index (κ1) is 29.4. The number of carbonyl (C=O) groups excluding carboxylic acids is 2. The van der Waals surface area contributed by atoms with Crippen LogP contribution in [-0.4, -0.2) is 54.9 Å². The van der Waals surface area contributed by atoms with Crippen molar-refractivity contribution in [1.82, 2.24) is 4.90 Å². The normalized spacial score (nSPS) is 21.5. The zero-order chi connectivity index (χ0) is 27.5. The number of hydrogen-bond donors (Lipinski definition) is 0. The quantitative estimate of drug-likeness (QED) is 0.386. The van der Waals surface area contributed by atoms with Gasteiger partial charge in [-0.1, -0.05) is 54.4 Å². The molecule has 3 rings (SSSR count). The van der Waals surface area contributed by atoms with Gasteiger partial charge in [-0.3, -0.25) is 9.59 Å². The van der Waals surface area contributed by atoms with E-state index in [1.165, 1.54) is 7.11 Å². The monoisotopic (exact) mass is 569 g/mol. The van der Waals surface area contributed by atoms with E-state index in [-0.39, 0.29) is 12.2 Å². The van der Waals surface area contributed by atoms with Gasteiger partial charge in [0.1, 0.15) is 12.2 Å². The van der Waals surface area contributed by atoms with Crippen molar-refractivity contribution in [2.24, 2.45) is 0 Å². The highest BCUT2D eigenvalue weighted by Crippen LogP contribution is 2.45. The third kappa shape index (κ3) is 6.66. The number of nitrogens with zero attached hydrogens (tertiary/aromatic N) is 1. The molecule has 2 aromatic rings. The molecule has 0 saturated carbocycles. The van der Waals surface area contributed by atoms with Gasteiger partial charge in [-0.15, -0.1) is 0 Å².